The number of aryl methyl sites for hydroxylation is 1. The van der Waals surface area contributed by atoms with E-state index in [9.17, 15) is 9.00 Å². The summed E-state index contributed by atoms with van der Waals surface area (Å²) in [7, 11) is 1.07. The number of rotatable bonds is 8. The molecular weight excluding hydrogens is 475 g/mol. The van der Waals surface area contributed by atoms with Crippen molar-refractivity contribution in [1.82, 2.24) is 15.2 Å². The zero-order valence-corrected chi connectivity index (χ0v) is 19.5. The number of nitrogens with one attached hydrogen (secondary N) is 2. The van der Waals surface area contributed by atoms with Crippen molar-refractivity contribution >= 4 is 40.7 Å². The predicted octanol–water partition coefficient (Wildman–Crippen LogP) is 2.49. The van der Waals surface area contributed by atoms with E-state index >= 15 is 0 Å². The number of halogens is 1. The molecule has 6 nitrogen and oxygen atoms in total. The fourth-order valence-corrected chi connectivity index (χ4v) is 4.75. The Kier molecular flexibility index (Phi) is 11.9. The third kappa shape index (κ3) is 8.33. The average Bonchev–Trinajstić information content (AvgIpc) is 2.67. The second-order valence-electron chi connectivity index (χ2n) is 6.74. The van der Waals surface area contributed by atoms with E-state index < -0.39 is 10.8 Å². The van der Waals surface area contributed by atoms with Crippen molar-refractivity contribution in [3.05, 3.63) is 34.7 Å². The van der Waals surface area contributed by atoms with Gasteiger partial charge in [-0.1, -0.05) is 19.4 Å². The molecule has 0 aliphatic heterocycles. The van der Waals surface area contributed by atoms with Crippen LogP contribution in [0.15, 0.2) is 34.2 Å². The molecule has 1 saturated carbocycles. The SMILES string of the molecule is CCS(=O)C1CCCC(NC(=NC)NCCCCn2ccccc2=O)C1.I. The molecule has 0 saturated heterocycles. The molecule has 0 radical (unpaired) electrons. The standard InChI is InChI=1S/C19H32N4O2S.HI/c1-3-26(25)17-10-8-9-16(15-17)22-19(20-2)21-12-5-7-14-23-13-6-4-11-18(23)24;/h4,6,11,13,16-17H,3,5,7-10,12,14-15H2,1-2H3,(H2,20,21,22);1H. The fourth-order valence-electron chi connectivity index (χ4n) is 3.40. The summed E-state index contributed by atoms with van der Waals surface area (Å²) in [5.74, 6) is 1.56. The summed E-state index contributed by atoms with van der Waals surface area (Å²) in [5, 5.41) is 7.15. The van der Waals surface area contributed by atoms with Crippen molar-refractivity contribution in [2.45, 2.75) is 63.3 Å². The van der Waals surface area contributed by atoms with Crippen LogP contribution in [0.25, 0.3) is 0 Å². The minimum absolute atomic E-state index is 0. The number of pyridine rings is 1. The van der Waals surface area contributed by atoms with E-state index in [1.54, 1.807) is 23.7 Å². The largest absolute Gasteiger partial charge is 0.356 e. The van der Waals surface area contributed by atoms with Gasteiger partial charge in [0.1, 0.15) is 0 Å². The van der Waals surface area contributed by atoms with Gasteiger partial charge in [0.05, 0.1) is 0 Å². The summed E-state index contributed by atoms with van der Waals surface area (Å²) < 4.78 is 13.8. The first-order chi connectivity index (χ1) is 12.6. The van der Waals surface area contributed by atoms with Crippen LogP contribution in [0.4, 0.5) is 0 Å². The van der Waals surface area contributed by atoms with Gasteiger partial charge in [0.25, 0.3) is 0 Å². The summed E-state index contributed by atoms with van der Waals surface area (Å²) in [6.07, 6.45) is 7.99. The molecule has 2 N–H and O–H groups in total. The van der Waals surface area contributed by atoms with Gasteiger partial charge in [0.2, 0.25) is 5.56 Å². The van der Waals surface area contributed by atoms with Gasteiger partial charge in [0, 0.05) is 60.2 Å². The number of guanidine groups is 1. The Hall–Kier alpha value is -0.900. The summed E-state index contributed by atoms with van der Waals surface area (Å²) in [4.78, 5) is 16.0. The Labute approximate surface area is 182 Å². The van der Waals surface area contributed by atoms with E-state index in [1.807, 2.05) is 19.2 Å². The van der Waals surface area contributed by atoms with Gasteiger partial charge in [-0.3, -0.25) is 14.0 Å². The van der Waals surface area contributed by atoms with Gasteiger partial charge >= 0.3 is 0 Å². The third-order valence-electron chi connectivity index (χ3n) is 4.86. The second-order valence-corrected chi connectivity index (χ2v) is 8.74. The maximum Gasteiger partial charge on any atom is 0.250 e. The second kappa shape index (κ2) is 13.3. The van der Waals surface area contributed by atoms with Crippen LogP contribution >= 0.6 is 24.0 Å². The van der Waals surface area contributed by atoms with E-state index in [0.717, 1.165) is 63.3 Å². The van der Waals surface area contributed by atoms with Gasteiger partial charge in [-0.2, -0.15) is 0 Å². The van der Waals surface area contributed by atoms with Crippen LogP contribution in [0, 0.1) is 0 Å². The van der Waals surface area contributed by atoms with Crippen LogP contribution in [-0.2, 0) is 17.3 Å². The molecule has 3 unspecified atom stereocenters. The predicted molar refractivity (Wildman–Crippen MR) is 125 cm³/mol. The average molecular weight is 508 g/mol. The first-order valence-corrected chi connectivity index (χ1v) is 11.0. The highest BCUT2D eigenvalue weighted by Crippen LogP contribution is 2.22. The van der Waals surface area contributed by atoms with E-state index in [1.165, 1.54) is 0 Å². The molecule has 3 atom stereocenters. The highest BCUT2D eigenvalue weighted by atomic mass is 127. The van der Waals surface area contributed by atoms with Crippen LogP contribution < -0.4 is 16.2 Å². The molecule has 154 valence electrons. The van der Waals surface area contributed by atoms with Crippen molar-refractivity contribution in [2.75, 3.05) is 19.3 Å². The molecule has 0 spiro atoms. The minimum Gasteiger partial charge on any atom is -0.356 e. The van der Waals surface area contributed by atoms with Gasteiger partial charge in [0.15, 0.2) is 5.96 Å². The first kappa shape index (κ1) is 24.1. The smallest absolute Gasteiger partial charge is 0.250 e. The van der Waals surface area contributed by atoms with E-state index in [0.29, 0.717) is 11.3 Å². The molecule has 2 rings (SSSR count). The molecular formula is C19H33IN4O2S. The Morgan fingerprint density at radius 2 is 2.15 bits per heavy atom. The molecule has 27 heavy (non-hydrogen) atoms. The zero-order valence-electron chi connectivity index (χ0n) is 16.4. The van der Waals surface area contributed by atoms with E-state index in [4.69, 9.17) is 0 Å². The number of nitrogens with zero attached hydrogens (tertiary/aromatic N) is 2. The van der Waals surface area contributed by atoms with Crippen molar-refractivity contribution in [1.29, 1.82) is 0 Å². The Morgan fingerprint density at radius 1 is 1.33 bits per heavy atom. The topological polar surface area (TPSA) is 75.5 Å². The van der Waals surface area contributed by atoms with Crippen LogP contribution in [0.2, 0.25) is 0 Å². The van der Waals surface area contributed by atoms with Crippen LogP contribution in [-0.4, -0.2) is 45.4 Å². The van der Waals surface area contributed by atoms with Gasteiger partial charge in [-0.25, -0.2) is 0 Å². The number of hydrogen-bond donors (Lipinski definition) is 2. The van der Waals surface area contributed by atoms with Crippen LogP contribution in [0.3, 0.4) is 0 Å². The number of unbranched alkanes of at least 4 members (excludes halogenated alkanes) is 1. The summed E-state index contributed by atoms with van der Waals surface area (Å²) in [5.41, 5.74) is 0.0502. The fraction of sp³-hybridized carbons (Fsp3) is 0.684. The lowest BCUT2D eigenvalue weighted by atomic mass is 9.95. The van der Waals surface area contributed by atoms with Crippen molar-refractivity contribution in [3.8, 4) is 0 Å². The van der Waals surface area contributed by atoms with E-state index in [2.05, 4.69) is 15.6 Å². The molecule has 0 bridgehead atoms. The molecule has 1 aliphatic carbocycles. The molecule has 1 heterocycles. The summed E-state index contributed by atoms with van der Waals surface area (Å²) in [6, 6.07) is 5.59. The van der Waals surface area contributed by atoms with Crippen LogP contribution in [0.5, 0.6) is 0 Å². The van der Waals surface area contributed by atoms with Gasteiger partial charge in [-0.05, 0) is 38.2 Å². The Morgan fingerprint density at radius 3 is 2.85 bits per heavy atom. The van der Waals surface area contributed by atoms with Gasteiger partial charge in [-0.15, -0.1) is 24.0 Å². The normalized spacial score (nSPS) is 21.2. The van der Waals surface area contributed by atoms with Crippen molar-refractivity contribution in [2.24, 2.45) is 4.99 Å². The zero-order chi connectivity index (χ0) is 18.8. The number of aliphatic imine (C=N–C) groups is 1. The lowest BCUT2D eigenvalue weighted by Gasteiger charge is -2.30. The third-order valence-corrected chi connectivity index (χ3v) is 6.60. The van der Waals surface area contributed by atoms with Crippen molar-refractivity contribution in [3.63, 3.8) is 0 Å². The molecule has 1 aliphatic rings. The summed E-state index contributed by atoms with van der Waals surface area (Å²) in [6.45, 7) is 3.55. The summed E-state index contributed by atoms with van der Waals surface area (Å²) >= 11 is 0. The first-order valence-electron chi connectivity index (χ1n) is 9.64. The quantitative estimate of drug-likeness (QED) is 0.245. The Bertz CT molecular complexity index is 665. The van der Waals surface area contributed by atoms with Crippen molar-refractivity contribution < 1.29 is 4.21 Å². The molecule has 1 aromatic heterocycles. The lowest BCUT2D eigenvalue weighted by Crippen LogP contribution is -2.46. The lowest BCUT2D eigenvalue weighted by molar-refractivity contribution is 0.413. The highest BCUT2D eigenvalue weighted by molar-refractivity contribution is 14.0. The van der Waals surface area contributed by atoms with E-state index in [-0.39, 0.29) is 29.5 Å². The molecule has 1 fully saturated rings. The maximum absolute atomic E-state index is 12.1. The Balaban J connectivity index is 0.00000364. The number of hydrogen-bond acceptors (Lipinski definition) is 3. The minimum atomic E-state index is -0.707. The number of aromatic nitrogens is 1. The van der Waals surface area contributed by atoms with Crippen LogP contribution in [0.1, 0.15) is 45.4 Å². The molecule has 1 aromatic rings. The monoisotopic (exact) mass is 508 g/mol. The highest BCUT2D eigenvalue weighted by Gasteiger charge is 2.25. The molecule has 8 heteroatoms. The van der Waals surface area contributed by atoms with Gasteiger partial charge < -0.3 is 15.2 Å². The molecule has 0 aromatic carbocycles. The molecule has 0 amide bonds. The maximum atomic E-state index is 12.1.